The van der Waals surface area contributed by atoms with Crippen LogP contribution in [0.5, 0.6) is 5.75 Å². The first-order valence-corrected chi connectivity index (χ1v) is 10.8. The Kier molecular flexibility index (Phi) is 6.87. The summed E-state index contributed by atoms with van der Waals surface area (Å²) in [5, 5.41) is 5.01. The zero-order valence-corrected chi connectivity index (χ0v) is 18.6. The third kappa shape index (κ3) is 4.76. The van der Waals surface area contributed by atoms with Gasteiger partial charge >= 0.3 is 0 Å². The number of amides is 1. The van der Waals surface area contributed by atoms with Crippen molar-refractivity contribution >= 4 is 32.6 Å². The first-order valence-electron chi connectivity index (χ1n) is 9.94. The Morgan fingerprint density at radius 1 is 1.24 bits per heavy atom. The summed E-state index contributed by atoms with van der Waals surface area (Å²) in [6, 6.07) is 7.77. The average Bonchev–Trinajstić information content (AvgIpc) is 3.32. The van der Waals surface area contributed by atoms with Crippen molar-refractivity contribution in [3.8, 4) is 5.75 Å². The van der Waals surface area contributed by atoms with Gasteiger partial charge in [0, 0.05) is 18.8 Å². The molecule has 0 unspecified atom stereocenters. The zero-order chi connectivity index (χ0) is 21.0. The molecule has 0 atom stereocenters. The van der Waals surface area contributed by atoms with E-state index in [0.29, 0.717) is 24.0 Å². The van der Waals surface area contributed by atoms with Gasteiger partial charge in [-0.3, -0.25) is 14.4 Å². The molecule has 7 nitrogen and oxygen atoms in total. The van der Waals surface area contributed by atoms with Gasteiger partial charge in [-0.2, -0.15) is 5.10 Å². The summed E-state index contributed by atoms with van der Waals surface area (Å²) >= 11 is 1.51. The minimum atomic E-state index is -0.0769. The van der Waals surface area contributed by atoms with Crippen LogP contribution in [0.1, 0.15) is 43.7 Å². The second-order valence-corrected chi connectivity index (χ2v) is 8.41. The number of anilines is 1. The number of carbonyl (C=O) groups is 1. The van der Waals surface area contributed by atoms with Crippen LogP contribution in [0.15, 0.2) is 30.5 Å². The fourth-order valence-corrected chi connectivity index (χ4v) is 4.17. The highest BCUT2D eigenvalue weighted by molar-refractivity contribution is 7.22. The largest absolute Gasteiger partial charge is 0.492 e. The third-order valence-corrected chi connectivity index (χ3v) is 5.56. The summed E-state index contributed by atoms with van der Waals surface area (Å²) in [4.78, 5) is 22.2. The minimum Gasteiger partial charge on any atom is -0.492 e. The SMILES string of the molecule is CCOc1cccc2sc(N(CCCN(C)C)C(=O)c3ccnn3C(C)C)nc12. The number of hydrogen-bond donors (Lipinski definition) is 0. The first kappa shape index (κ1) is 21.3. The normalized spacial score (nSPS) is 11.6. The molecule has 0 saturated heterocycles. The molecule has 0 radical (unpaired) electrons. The maximum absolute atomic E-state index is 13.5. The van der Waals surface area contributed by atoms with Crippen molar-refractivity contribution in [2.45, 2.75) is 33.2 Å². The van der Waals surface area contributed by atoms with Gasteiger partial charge in [-0.25, -0.2) is 4.98 Å². The fourth-order valence-electron chi connectivity index (χ4n) is 3.16. The molecule has 3 aromatic rings. The molecule has 0 saturated carbocycles. The highest BCUT2D eigenvalue weighted by Gasteiger charge is 2.25. The number of nitrogens with zero attached hydrogens (tertiary/aromatic N) is 5. The summed E-state index contributed by atoms with van der Waals surface area (Å²) in [7, 11) is 4.07. The lowest BCUT2D eigenvalue weighted by Gasteiger charge is -2.22. The molecule has 0 bridgehead atoms. The Morgan fingerprint density at radius 2 is 2.03 bits per heavy atom. The van der Waals surface area contributed by atoms with Crippen LogP contribution in [-0.4, -0.2) is 59.4 Å². The number of ether oxygens (including phenoxy) is 1. The molecule has 0 spiro atoms. The van der Waals surface area contributed by atoms with E-state index in [1.54, 1.807) is 21.8 Å². The predicted molar refractivity (Wildman–Crippen MR) is 118 cm³/mol. The molecule has 1 amide bonds. The van der Waals surface area contributed by atoms with Crippen LogP contribution in [-0.2, 0) is 0 Å². The Labute approximate surface area is 175 Å². The molecule has 0 aliphatic carbocycles. The number of aromatic nitrogens is 3. The van der Waals surface area contributed by atoms with Crippen molar-refractivity contribution in [3.05, 3.63) is 36.2 Å². The summed E-state index contributed by atoms with van der Waals surface area (Å²) < 4.78 is 8.50. The lowest BCUT2D eigenvalue weighted by atomic mass is 10.3. The molecule has 0 N–H and O–H groups in total. The Balaban J connectivity index is 1.99. The standard InChI is InChI=1S/C21H29N5O2S/c1-6-28-17-9-7-10-18-19(17)23-21(29-18)25(14-8-13-24(4)5)20(27)16-11-12-22-26(16)15(2)3/h7,9-12,15H,6,8,13-14H2,1-5H3. The van der Waals surface area contributed by atoms with Crippen molar-refractivity contribution in [1.29, 1.82) is 0 Å². The van der Waals surface area contributed by atoms with Crippen LogP contribution in [0, 0.1) is 0 Å². The van der Waals surface area contributed by atoms with E-state index >= 15 is 0 Å². The van der Waals surface area contributed by atoms with Crippen LogP contribution in [0.25, 0.3) is 10.2 Å². The van der Waals surface area contributed by atoms with E-state index in [0.717, 1.165) is 28.9 Å². The number of benzene rings is 1. The van der Waals surface area contributed by atoms with Gasteiger partial charge in [-0.05, 0) is 66.0 Å². The van der Waals surface area contributed by atoms with Gasteiger partial charge in [-0.1, -0.05) is 17.4 Å². The second kappa shape index (κ2) is 9.37. The first-order chi connectivity index (χ1) is 13.9. The molecule has 156 valence electrons. The minimum absolute atomic E-state index is 0.0769. The molecule has 3 rings (SSSR count). The Bertz CT molecular complexity index is 963. The molecule has 29 heavy (non-hydrogen) atoms. The monoisotopic (exact) mass is 415 g/mol. The van der Waals surface area contributed by atoms with E-state index in [1.807, 2.05) is 53.1 Å². The average molecular weight is 416 g/mol. The van der Waals surface area contributed by atoms with Gasteiger partial charge in [0.25, 0.3) is 5.91 Å². The predicted octanol–water partition coefficient (Wildman–Crippen LogP) is 4.07. The van der Waals surface area contributed by atoms with Crippen LogP contribution in [0.3, 0.4) is 0 Å². The van der Waals surface area contributed by atoms with Gasteiger partial charge in [0.1, 0.15) is 17.0 Å². The molecule has 2 heterocycles. The maximum atomic E-state index is 13.5. The molecular formula is C21H29N5O2S. The summed E-state index contributed by atoms with van der Waals surface area (Å²) in [5.74, 6) is 0.674. The van der Waals surface area contributed by atoms with E-state index in [9.17, 15) is 4.79 Å². The van der Waals surface area contributed by atoms with Crippen molar-refractivity contribution in [2.75, 3.05) is 38.7 Å². The molecular weight excluding hydrogens is 386 g/mol. The lowest BCUT2D eigenvalue weighted by molar-refractivity contribution is 0.0974. The highest BCUT2D eigenvalue weighted by Crippen LogP contribution is 2.35. The van der Waals surface area contributed by atoms with Gasteiger partial charge in [-0.15, -0.1) is 0 Å². The maximum Gasteiger partial charge on any atom is 0.278 e. The second-order valence-electron chi connectivity index (χ2n) is 7.40. The van der Waals surface area contributed by atoms with E-state index in [1.165, 1.54) is 11.3 Å². The third-order valence-electron chi connectivity index (χ3n) is 4.51. The topological polar surface area (TPSA) is 63.5 Å². The molecule has 0 aliphatic rings. The Hall–Kier alpha value is -2.45. The van der Waals surface area contributed by atoms with Gasteiger partial charge < -0.3 is 9.64 Å². The molecule has 8 heteroatoms. The van der Waals surface area contributed by atoms with Gasteiger partial charge in [0.2, 0.25) is 0 Å². The van der Waals surface area contributed by atoms with Crippen LogP contribution in [0.2, 0.25) is 0 Å². The summed E-state index contributed by atoms with van der Waals surface area (Å²) in [6.45, 7) is 8.05. The fraction of sp³-hybridized carbons (Fsp3) is 0.476. The van der Waals surface area contributed by atoms with Crippen LogP contribution < -0.4 is 9.64 Å². The lowest BCUT2D eigenvalue weighted by Crippen LogP contribution is -2.35. The molecule has 1 aromatic carbocycles. The quantitative estimate of drug-likeness (QED) is 0.527. The molecule has 0 aliphatic heterocycles. The number of rotatable bonds is 9. The highest BCUT2D eigenvalue weighted by atomic mass is 32.1. The van der Waals surface area contributed by atoms with Crippen LogP contribution in [0.4, 0.5) is 5.13 Å². The van der Waals surface area contributed by atoms with Crippen LogP contribution >= 0.6 is 11.3 Å². The number of para-hydroxylation sites is 1. The van der Waals surface area contributed by atoms with Gasteiger partial charge in [0.05, 0.1) is 11.3 Å². The molecule has 2 aromatic heterocycles. The van der Waals surface area contributed by atoms with E-state index < -0.39 is 0 Å². The van der Waals surface area contributed by atoms with Crippen molar-refractivity contribution < 1.29 is 9.53 Å². The van der Waals surface area contributed by atoms with Crippen molar-refractivity contribution in [1.82, 2.24) is 19.7 Å². The van der Waals surface area contributed by atoms with E-state index in [-0.39, 0.29) is 11.9 Å². The number of thiazole rings is 1. The Morgan fingerprint density at radius 3 is 2.72 bits per heavy atom. The number of carbonyl (C=O) groups excluding carboxylic acids is 1. The summed E-state index contributed by atoms with van der Waals surface area (Å²) in [5.41, 5.74) is 1.38. The van der Waals surface area contributed by atoms with Crippen molar-refractivity contribution in [3.63, 3.8) is 0 Å². The number of hydrogen-bond acceptors (Lipinski definition) is 6. The zero-order valence-electron chi connectivity index (χ0n) is 17.8. The van der Waals surface area contributed by atoms with E-state index in [4.69, 9.17) is 9.72 Å². The molecule has 0 fully saturated rings. The van der Waals surface area contributed by atoms with E-state index in [2.05, 4.69) is 10.00 Å². The summed E-state index contributed by atoms with van der Waals surface area (Å²) in [6.07, 6.45) is 2.53. The van der Waals surface area contributed by atoms with Gasteiger partial charge in [0.15, 0.2) is 5.13 Å². The number of fused-ring (bicyclic) bond motifs is 1. The van der Waals surface area contributed by atoms with Crippen molar-refractivity contribution in [2.24, 2.45) is 0 Å². The smallest absolute Gasteiger partial charge is 0.278 e.